The van der Waals surface area contributed by atoms with Crippen molar-refractivity contribution in [2.75, 3.05) is 39.6 Å². The lowest BCUT2D eigenvalue weighted by Crippen LogP contribution is -2.18. The fraction of sp³-hybridized carbons (Fsp3) is 0.486. The van der Waals surface area contributed by atoms with E-state index in [1.54, 1.807) is 24.3 Å². The Hall–Kier alpha value is -3.92. The summed E-state index contributed by atoms with van der Waals surface area (Å²) in [4.78, 5) is 14.5. The Labute approximate surface area is 281 Å². The Morgan fingerprint density at radius 3 is 1.15 bits per heavy atom. The molecule has 0 amide bonds. The van der Waals surface area contributed by atoms with Crippen molar-refractivity contribution >= 4 is 16.5 Å². The van der Waals surface area contributed by atoms with Gasteiger partial charge >= 0.3 is 6.16 Å². The van der Waals surface area contributed by atoms with Gasteiger partial charge in [-0.1, -0.05) is 59.7 Å². The van der Waals surface area contributed by atoms with E-state index < -0.39 is 16.5 Å². The molecule has 10 heteroatoms. The quantitative estimate of drug-likeness (QED) is 0.112. The van der Waals surface area contributed by atoms with E-state index in [2.05, 4.69) is 0 Å². The molecule has 3 rings (SSSR count). The van der Waals surface area contributed by atoms with Crippen LogP contribution in [0.5, 0.6) is 34.5 Å². The lowest BCUT2D eigenvalue weighted by atomic mass is 10.3. The van der Waals surface area contributed by atoms with Crippen LogP contribution in [0.2, 0.25) is 0 Å². The third-order valence-electron chi connectivity index (χ3n) is 6.63. The molecule has 0 aliphatic heterocycles. The van der Waals surface area contributed by atoms with Gasteiger partial charge in [0.15, 0.2) is 0 Å². The molecular weight excluding hydrogens is 620 g/mol. The maximum Gasteiger partial charge on any atom is 0.517 e. The normalized spacial score (nSPS) is 11.4. The lowest BCUT2D eigenvalue weighted by molar-refractivity contribution is 0.149. The van der Waals surface area contributed by atoms with Crippen LogP contribution in [-0.4, -0.2) is 50.9 Å². The highest BCUT2D eigenvalue weighted by Crippen LogP contribution is 2.77. The van der Waals surface area contributed by atoms with Crippen molar-refractivity contribution in [3.8, 4) is 34.5 Å². The van der Waals surface area contributed by atoms with Crippen LogP contribution in [0, 0.1) is 0 Å². The standard InChI is InChI=1S/C37H52O9S/c1-7-18-40-28-24-31(42-20-9-3)35(32(25-28)43-21-10-4)47(46-37(38)39,30-16-14-13-15-17-30)36-33(44-22-11-5)26-29(41-19-8-2)27-34(36)45-23-12-6/h13-17,24-27H,7-12,18-23H2,1-6H3,(H,38,39). The molecule has 3 aromatic rings. The van der Waals surface area contributed by atoms with Crippen LogP contribution < -0.4 is 28.4 Å². The molecular formula is C37H52O9S. The van der Waals surface area contributed by atoms with Gasteiger partial charge in [0, 0.05) is 39.5 Å². The molecule has 0 heterocycles. The second kappa shape index (κ2) is 19.7. The number of rotatable bonds is 22. The maximum atomic E-state index is 13.0. The first kappa shape index (κ1) is 37.5. The molecule has 0 saturated heterocycles. The van der Waals surface area contributed by atoms with Gasteiger partial charge in [-0.3, -0.25) is 0 Å². The van der Waals surface area contributed by atoms with Crippen LogP contribution in [0.4, 0.5) is 4.79 Å². The molecule has 0 bridgehead atoms. The van der Waals surface area contributed by atoms with Gasteiger partial charge in [-0.15, -0.1) is 0 Å². The summed E-state index contributed by atoms with van der Waals surface area (Å²) in [6.07, 6.45) is 3.03. The van der Waals surface area contributed by atoms with Crippen LogP contribution in [0.1, 0.15) is 80.1 Å². The molecule has 0 radical (unpaired) electrons. The Bertz CT molecular complexity index is 1250. The zero-order valence-corrected chi connectivity index (χ0v) is 29.6. The summed E-state index contributed by atoms with van der Waals surface area (Å²) in [5.74, 6) is 2.72. The minimum atomic E-state index is -3.26. The minimum absolute atomic E-state index is 0.372. The first-order chi connectivity index (χ1) is 22.9. The van der Waals surface area contributed by atoms with Crippen LogP contribution in [0.3, 0.4) is 0 Å². The van der Waals surface area contributed by atoms with Gasteiger partial charge in [0.25, 0.3) is 0 Å². The van der Waals surface area contributed by atoms with Crippen LogP contribution in [-0.2, 0) is 4.18 Å². The average Bonchev–Trinajstić information content (AvgIpc) is 3.08. The molecule has 0 aliphatic carbocycles. The smallest absolute Gasteiger partial charge is 0.493 e. The number of hydrogen-bond donors (Lipinski definition) is 1. The van der Waals surface area contributed by atoms with Gasteiger partial charge in [0.2, 0.25) is 0 Å². The fourth-order valence-corrected chi connectivity index (χ4v) is 8.04. The molecule has 9 nitrogen and oxygen atoms in total. The van der Waals surface area contributed by atoms with E-state index in [0.717, 1.165) is 38.5 Å². The molecule has 0 aromatic heterocycles. The minimum Gasteiger partial charge on any atom is -0.493 e. The lowest BCUT2D eigenvalue weighted by Gasteiger charge is -2.41. The summed E-state index contributed by atoms with van der Waals surface area (Å²) in [5.41, 5.74) is 0. The van der Waals surface area contributed by atoms with E-state index in [0.29, 0.717) is 88.8 Å². The van der Waals surface area contributed by atoms with Crippen molar-refractivity contribution in [3.63, 3.8) is 0 Å². The predicted molar refractivity (Wildman–Crippen MR) is 186 cm³/mol. The van der Waals surface area contributed by atoms with Crippen molar-refractivity contribution < 1.29 is 42.5 Å². The number of hydrogen-bond acceptors (Lipinski definition) is 8. The number of ether oxygens (including phenoxy) is 6. The second-order valence-corrected chi connectivity index (χ2v) is 13.4. The van der Waals surface area contributed by atoms with Gasteiger partial charge in [-0.2, -0.15) is 0 Å². The summed E-state index contributed by atoms with van der Waals surface area (Å²) >= 11 is 0. The SMILES string of the molecule is CCCOc1cc(OCCC)c(S(OC(=O)O)(c2ccccc2)c2c(OCCC)cc(OCCC)cc2OCCC)c(OCCC)c1. The van der Waals surface area contributed by atoms with Crippen molar-refractivity contribution in [1.82, 2.24) is 0 Å². The highest BCUT2D eigenvalue weighted by atomic mass is 32.3. The average molecular weight is 673 g/mol. The molecule has 0 atom stereocenters. The van der Waals surface area contributed by atoms with Crippen LogP contribution >= 0.6 is 10.3 Å². The Kier molecular flexibility index (Phi) is 15.7. The van der Waals surface area contributed by atoms with Crippen molar-refractivity contribution in [3.05, 3.63) is 54.6 Å². The first-order valence-corrected chi connectivity index (χ1v) is 18.4. The highest BCUT2D eigenvalue weighted by Gasteiger charge is 2.46. The van der Waals surface area contributed by atoms with Gasteiger partial charge < -0.3 is 37.7 Å². The Balaban J connectivity index is 2.64. The van der Waals surface area contributed by atoms with Crippen LogP contribution in [0.15, 0.2) is 69.3 Å². The van der Waals surface area contributed by atoms with Crippen LogP contribution in [0.25, 0.3) is 0 Å². The number of benzene rings is 3. The van der Waals surface area contributed by atoms with E-state index in [1.807, 2.05) is 71.9 Å². The van der Waals surface area contributed by atoms with E-state index in [1.165, 1.54) is 0 Å². The monoisotopic (exact) mass is 672 g/mol. The summed E-state index contributed by atoms with van der Waals surface area (Å²) in [5, 5.41) is 10.6. The van der Waals surface area contributed by atoms with Crippen molar-refractivity contribution in [2.24, 2.45) is 0 Å². The molecule has 260 valence electrons. The van der Waals surface area contributed by atoms with E-state index in [-0.39, 0.29) is 0 Å². The molecule has 0 aliphatic rings. The van der Waals surface area contributed by atoms with E-state index in [4.69, 9.17) is 32.6 Å². The molecule has 0 unspecified atom stereocenters. The summed E-state index contributed by atoms with van der Waals surface area (Å²) < 4.78 is 44.3. The third-order valence-corrected chi connectivity index (χ3v) is 9.91. The highest BCUT2D eigenvalue weighted by molar-refractivity contribution is 8.30. The second-order valence-electron chi connectivity index (χ2n) is 10.8. The molecule has 0 saturated carbocycles. The molecule has 0 fully saturated rings. The maximum absolute atomic E-state index is 13.0. The predicted octanol–water partition coefficient (Wildman–Crippen LogP) is 10.3. The zero-order chi connectivity index (χ0) is 34.1. The molecule has 47 heavy (non-hydrogen) atoms. The molecule has 1 N–H and O–H groups in total. The zero-order valence-electron chi connectivity index (χ0n) is 28.8. The van der Waals surface area contributed by atoms with Gasteiger partial charge in [-0.05, 0) is 50.7 Å². The fourth-order valence-electron chi connectivity index (χ4n) is 4.74. The molecule has 0 spiro atoms. The number of carboxylic acid groups (broad SMARTS) is 1. The summed E-state index contributed by atoms with van der Waals surface area (Å²) in [6, 6.07) is 16.5. The third kappa shape index (κ3) is 9.79. The molecule has 3 aromatic carbocycles. The Morgan fingerprint density at radius 2 is 0.851 bits per heavy atom. The van der Waals surface area contributed by atoms with Gasteiger partial charge in [-0.25, -0.2) is 4.79 Å². The summed E-state index contributed by atoms with van der Waals surface area (Å²) in [7, 11) is -3.26. The van der Waals surface area contributed by atoms with Crippen molar-refractivity contribution in [2.45, 2.75) is 94.8 Å². The van der Waals surface area contributed by atoms with Gasteiger partial charge in [0.1, 0.15) is 44.3 Å². The largest absolute Gasteiger partial charge is 0.517 e. The number of carbonyl (C=O) groups is 1. The Morgan fingerprint density at radius 1 is 0.532 bits per heavy atom. The first-order valence-electron chi connectivity index (χ1n) is 16.8. The summed E-state index contributed by atoms with van der Waals surface area (Å²) in [6.45, 7) is 14.6. The van der Waals surface area contributed by atoms with Crippen molar-refractivity contribution in [1.29, 1.82) is 0 Å². The topological polar surface area (TPSA) is 102 Å². The van der Waals surface area contributed by atoms with Gasteiger partial charge in [0.05, 0.1) is 39.6 Å². The van der Waals surface area contributed by atoms with E-state index in [9.17, 15) is 9.90 Å². The van der Waals surface area contributed by atoms with E-state index >= 15 is 0 Å².